The maximum absolute atomic E-state index is 14.1. The molecule has 156 valence electrons. The van der Waals surface area contributed by atoms with Crippen molar-refractivity contribution in [2.75, 3.05) is 0 Å². The molecule has 7 heteroatoms. The molecule has 0 aromatic heterocycles. The van der Waals surface area contributed by atoms with E-state index < -0.39 is 11.9 Å². The van der Waals surface area contributed by atoms with Gasteiger partial charge in [-0.05, 0) is 44.0 Å². The summed E-state index contributed by atoms with van der Waals surface area (Å²) < 4.78 is 14.1. The SMILES string of the molecule is CCC(C(=O)NC(C)C)N(Cc1c(Cl)cccc1Cl)C(=O)Cc1ccccc1F. The molecule has 1 N–H and O–H groups in total. The van der Waals surface area contributed by atoms with Crippen LogP contribution in [-0.2, 0) is 22.6 Å². The van der Waals surface area contributed by atoms with Gasteiger partial charge in [-0.15, -0.1) is 0 Å². The summed E-state index contributed by atoms with van der Waals surface area (Å²) in [6, 6.07) is 10.4. The van der Waals surface area contributed by atoms with Crippen molar-refractivity contribution in [3.8, 4) is 0 Å². The molecule has 4 nitrogen and oxygen atoms in total. The molecule has 2 aromatic carbocycles. The van der Waals surface area contributed by atoms with Gasteiger partial charge < -0.3 is 10.2 Å². The minimum atomic E-state index is -0.732. The lowest BCUT2D eigenvalue weighted by molar-refractivity contribution is -0.141. The Morgan fingerprint density at radius 3 is 2.24 bits per heavy atom. The Kier molecular flexibility index (Phi) is 8.47. The summed E-state index contributed by atoms with van der Waals surface area (Å²) in [5.41, 5.74) is 0.820. The van der Waals surface area contributed by atoms with E-state index in [0.717, 1.165) is 0 Å². The van der Waals surface area contributed by atoms with E-state index in [1.165, 1.54) is 11.0 Å². The molecule has 2 rings (SSSR count). The highest BCUT2D eigenvalue weighted by Crippen LogP contribution is 2.27. The van der Waals surface area contributed by atoms with Gasteiger partial charge in [0.25, 0.3) is 0 Å². The largest absolute Gasteiger partial charge is 0.352 e. The molecule has 1 atom stereocenters. The molecule has 1 unspecified atom stereocenters. The third-order valence-corrected chi connectivity index (χ3v) is 5.21. The molecule has 0 saturated carbocycles. The standard InChI is InChI=1S/C22H25Cl2FN2O2/c1-4-20(22(29)26-14(2)3)27(13-16-17(23)9-7-10-18(16)24)21(28)12-15-8-5-6-11-19(15)25/h5-11,14,20H,4,12-13H2,1-3H3,(H,26,29). The monoisotopic (exact) mass is 438 g/mol. The van der Waals surface area contributed by atoms with E-state index >= 15 is 0 Å². The van der Waals surface area contributed by atoms with E-state index in [2.05, 4.69) is 5.32 Å². The number of nitrogens with zero attached hydrogens (tertiary/aromatic N) is 1. The first-order valence-corrected chi connectivity index (χ1v) is 10.3. The average molecular weight is 439 g/mol. The van der Waals surface area contributed by atoms with Crippen LogP contribution >= 0.6 is 23.2 Å². The topological polar surface area (TPSA) is 49.4 Å². The zero-order valence-electron chi connectivity index (χ0n) is 16.7. The molecular weight excluding hydrogens is 414 g/mol. The van der Waals surface area contributed by atoms with Gasteiger partial charge in [-0.2, -0.15) is 0 Å². The van der Waals surface area contributed by atoms with E-state index in [1.807, 2.05) is 20.8 Å². The van der Waals surface area contributed by atoms with Crippen molar-refractivity contribution >= 4 is 35.0 Å². The molecule has 0 saturated heterocycles. The third-order valence-electron chi connectivity index (χ3n) is 4.51. The predicted molar refractivity (Wildman–Crippen MR) is 114 cm³/mol. The van der Waals surface area contributed by atoms with Crippen molar-refractivity contribution < 1.29 is 14.0 Å². The molecule has 2 amide bonds. The fourth-order valence-corrected chi connectivity index (χ4v) is 3.58. The van der Waals surface area contributed by atoms with Crippen molar-refractivity contribution in [3.05, 3.63) is 69.5 Å². The van der Waals surface area contributed by atoms with Gasteiger partial charge in [0.05, 0.1) is 6.42 Å². The molecule has 0 spiro atoms. The molecule has 0 fully saturated rings. The zero-order chi connectivity index (χ0) is 21.6. The number of halogens is 3. The highest BCUT2D eigenvalue weighted by Gasteiger charge is 2.30. The number of carbonyl (C=O) groups excluding carboxylic acids is 2. The van der Waals surface area contributed by atoms with E-state index in [0.29, 0.717) is 22.0 Å². The summed E-state index contributed by atoms with van der Waals surface area (Å²) in [6.45, 7) is 5.57. The Morgan fingerprint density at radius 2 is 1.69 bits per heavy atom. The number of carbonyl (C=O) groups is 2. The normalized spacial score (nSPS) is 12.0. The lowest BCUT2D eigenvalue weighted by atomic mass is 10.1. The van der Waals surface area contributed by atoms with Crippen molar-refractivity contribution in [2.24, 2.45) is 0 Å². The van der Waals surface area contributed by atoms with Crippen LogP contribution in [0.4, 0.5) is 4.39 Å². The quantitative estimate of drug-likeness (QED) is 0.629. The molecular formula is C22H25Cl2FN2O2. The van der Waals surface area contributed by atoms with Gasteiger partial charge in [0, 0.05) is 28.2 Å². The van der Waals surface area contributed by atoms with Gasteiger partial charge in [-0.3, -0.25) is 9.59 Å². The Balaban J connectivity index is 2.39. The Morgan fingerprint density at radius 1 is 1.07 bits per heavy atom. The van der Waals surface area contributed by atoms with Crippen molar-refractivity contribution in [2.45, 2.75) is 52.2 Å². The minimum absolute atomic E-state index is 0.0514. The second-order valence-electron chi connectivity index (χ2n) is 7.08. The Hall–Kier alpha value is -2.11. The van der Waals surface area contributed by atoms with Crippen LogP contribution in [0.5, 0.6) is 0 Å². The number of hydrogen-bond donors (Lipinski definition) is 1. The number of hydrogen-bond acceptors (Lipinski definition) is 2. The second-order valence-corrected chi connectivity index (χ2v) is 7.89. The first kappa shape index (κ1) is 23.2. The summed E-state index contributed by atoms with van der Waals surface area (Å²) in [7, 11) is 0. The first-order chi connectivity index (χ1) is 13.7. The zero-order valence-corrected chi connectivity index (χ0v) is 18.2. The van der Waals surface area contributed by atoms with Crippen LogP contribution in [0.2, 0.25) is 10.0 Å². The molecule has 2 aromatic rings. The van der Waals surface area contributed by atoms with Crippen LogP contribution in [0.15, 0.2) is 42.5 Å². The van der Waals surface area contributed by atoms with Gasteiger partial charge >= 0.3 is 0 Å². The lowest BCUT2D eigenvalue weighted by Crippen LogP contribution is -2.50. The Labute approximate surface area is 181 Å². The van der Waals surface area contributed by atoms with E-state index in [-0.39, 0.29) is 36.4 Å². The number of amides is 2. The summed E-state index contributed by atoms with van der Waals surface area (Å²) >= 11 is 12.6. The van der Waals surface area contributed by atoms with Crippen LogP contribution in [0, 0.1) is 5.82 Å². The molecule has 0 heterocycles. The van der Waals surface area contributed by atoms with Crippen molar-refractivity contribution in [1.82, 2.24) is 10.2 Å². The highest BCUT2D eigenvalue weighted by molar-refractivity contribution is 6.36. The maximum Gasteiger partial charge on any atom is 0.243 e. The van der Waals surface area contributed by atoms with Crippen molar-refractivity contribution in [3.63, 3.8) is 0 Å². The van der Waals surface area contributed by atoms with Crippen LogP contribution in [0.3, 0.4) is 0 Å². The maximum atomic E-state index is 14.1. The van der Waals surface area contributed by atoms with Crippen LogP contribution < -0.4 is 5.32 Å². The minimum Gasteiger partial charge on any atom is -0.352 e. The fraction of sp³-hybridized carbons (Fsp3) is 0.364. The number of benzene rings is 2. The molecule has 29 heavy (non-hydrogen) atoms. The van der Waals surface area contributed by atoms with Gasteiger partial charge in [0.15, 0.2) is 0 Å². The number of nitrogens with one attached hydrogen (secondary N) is 1. The molecule has 0 bridgehead atoms. The van der Waals surface area contributed by atoms with Crippen LogP contribution in [-0.4, -0.2) is 28.8 Å². The van der Waals surface area contributed by atoms with Gasteiger partial charge in [-0.1, -0.05) is 54.4 Å². The van der Waals surface area contributed by atoms with E-state index in [1.54, 1.807) is 36.4 Å². The smallest absolute Gasteiger partial charge is 0.243 e. The van der Waals surface area contributed by atoms with E-state index in [9.17, 15) is 14.0 Å². The van der Waals surface area contributed by atoms with Crippen molar-refractivity contribution in [1.29, 1.82) is 0 Å². The molecule has 0 aliphatic rings. The van der Waals surface area contributed by atoms with Gasteiger partial charge in [0.2, 0.25) is 11.8 Å². The fourth-order valence-electron chi connectivity index (χ4n) is 3.06. The summed E-state index contributed by atoms with van der Waals surface area (Å²) in [4.78, 5) is 27.4. The number of rotatable bonds is 8. The second kappa shape index (κ2) is 10.6. The summed E-state index contributed by atoms with van der Waals surface area (Å²) in [6.07, 6.45) is 0.226. The molecule has 0 aliphatic carbocycles. The van der Waals surface area contributed by atoms with Crippen LogP contribution in [0.25, 0.3) is 0 Å². The lowest BCUT2D eigenvalue weighted by Gasteiger charge is -2.32. The third kappa shape index (κ3) is 6.18. The summed E-state index contributed by atoms with van der Waals surface area (Å²) in [5, 5.41) is 3.65. The summed E-state index contributed by atoms with van der Waals surface area (Å²) in [5.74, 6) is -1.11. The predicted octanol–water partition coefficient (Wildman–Crippen LogP) is 5.01. The van der Waals surface area contributed by atoms with Crippen LogP contribution in [0.1, 0.15) is 38.3 Å². The van der Waals surface area contributed by atoms with Gasteiger partial charge in [-0.25, -0.2) is 4.39 Å². The highest BCUT2D eigenvalue weighted by atomic mass is 35.5. The van der Waals surface area contributed by atoms with Gasteiger partial charge in [0.1, 0.15) is 11.9 Å². The average Bonchev–Trinajstić information content (AvgIpc) is 2.65. The molecule has 0 radical (unpaired) electrons. The Bertz CT molecular complexity index is 853. The van der Waals surface area contributed by atoms with E-state index in [4.69, 9.17) is 23.2 Å². The molecule has 0 aliphatic heterocycles. The first-order valence-electron chi connectivity index (χ1n) is 9.50.